The molecule has 4 rings (SSSR count). The number of hydrogen-bond donors (Lipinski definition) is 2. The van der Waals surface area contributed by atoms with Gasteiger partial charge in [0.15, 0.2) is 5.82 Å². The summed E-state index contributed by atoms with van der Waals surface area (Å²) in [4.78, 5) is 13.1. The summed E-state index contributed by atoms with van der Waals surface area (Å²) in [6.07, 6.45) is -3.34. The van der Waals surface area contributed by atoms with Crippen LogP contribution in [0.1, 0.15) is 11.1 Å². The van der Waals surface area contributed by atoms with Crippen molar-refractivity contribution in [3.8, 4) is 11.4 Å². The highest BCUT2D eigenvalue weighted by molar-refractivity contribution is 5.92. The van der Waals surface area contributed by atoms with Gasteiger partial charge in [0.1, 0.15) is 5.82 Å². The molecule has 0 saturated carbocycles. The Morgan fingerprint density at radius 1 is 0.946 bits per heavy atom. The predicted octanol–water partition coefficient (Wildman–Crippen LogP) is 6.96. The number of nitrogens with two attached hydrogens (primary N) is 1. The lowest BCUT2D eigenvalue weighted by Gasteiger charge is -2.14. The largest absolute Gasteiger partial charge is 0.416 e. The predicted molar refractivity (Wildman–Crippen MR) is 129 cm³/mol. The molecule has 2 aromatic heterocycles. The fourth-order valence-corrected chi connectivity index (χ4v) is 3.53. The smallest absolute Gasteiger partial charge is 0.405 e. The number of nitrogens with one attached hydrogen (secondary N) is 1. The van der Waals surface area contributed by atoms with Crippen molar-refractivity contribution in [2.24, 2.45) is 5.73 Å². The molecule has 0 bridgehead atoms. The lowest BCUT2D eigenvalue weighted by molar-refractivity contribution is -0.137. The Morgan fingerprint density at radius 3 is 2.32 bits per heavy atom. The number of alkyl halides is 6. The molecule has 190 valence electrons. The summed E-state index contributed by atoms with van der Waals surface area (Å²) < 4.78 is 79.2. The lowest BCUT2D eigenvalue weighted by Crippen LogP contribution is -2.14. The van der Waals surface area contributed by atoms with Crippen molar-refractivity contribution in [3.05, 3.63) is 102 Å². The molecule has 5 nitrogen and oxygen atoms in total. The molecule has 37 heavy (non-hydrogen) atoms. The highest BCUT2D eigenvalue weighted by Crippen LogP contribution is 2.33. The van der Waals surface area contributed by atoms with Crippen LogP contribution in [-0.4, -0.2) is 21.1 Å². The topological polar surface area (TPSA) is 76.7 Å². The summed E-state index contributed by atoms with van der Waals surface area (Å²) in [5.41, 5.74) is 5.17. The van der Waals surface area contributed by atoms with Crippen molar-refractivity contribution < 1.29 is 26.3 Å². The minimum atomic E-state index is -4.56. The van der Waals surface area contributed by atoms with E-state index < -0.39 is 29.9 Å². The maximum absolute atomic E-state index is 13.5. The van der Waals surface area contributed by atoms with E-state index in [2.05, 4.69) is 20.3 Å². The maximum Gasteiger partial charge on any atom is 0.416 e. The van der Waals surface area contributed by atoms with Crippen molar-refractivity contribution >= 4 is 22.4 Å². The molecule has 0 aliphatic carbocycles. The van der Waals surface area contributed by atoms with E-state index in [9.17, 15) is 26.3 Å². The molecule has 4 aromatic rings. The van der Waals surface area contributed by atoms with Crippen LogP contribution in [0.2, 0.25) is 0 Å². The number of rotatable bonds is 6. The Balaban J connectivity index is 1.78. The van der Waals surface area contributed by atoms with Crippen LogP contribution in [0, 0.1) is 0 Å². The standard InChI is InChI=1S/C26H19F6N5/c27-25(28,29)18-6-8-20(9-7-18)35-24-21-10-5-16(13-19(4-1-11-33)26(30,31)32)14-22(21)36-23(37-24)17-3-2-12-34-15-17/h1-12,14-15H,13,33H2,(H,35,36,37)/b11-1-,19-4+. The monoisotopic (exact) mass is 515 g/mol. The SMILES string of the molecule is N/C=C\C=C(/Cc1ccc2c(Nc3ccc(C(F)(F)F)cc3)nc(-c3cccnc3)nc2c1)C(F)(F)F. The number of halogens is 6. The maximum atomic E-state index is 13.5. The van der Waals surface area contributed by atoms with E-state index in [1.54, 1.807) is 24.4 Å². The first-order valence-electron chi connectivity index (χ1n) is 10.8. The zero-order chi connectivity index (χ0) is 26.6. The second-order valence-corrected chi connectivity index (χ2v) is 7.94. The van der Waals surface area contributed by atoms with Gasteiger partial charge >= 0.3 is 12.4 Å². The molecule has 2 aromatic carbocycles. The Bertz CT molecular complexity index is 1440. The summed E-state index contributed by atoms with van der Waals surface area (Å²) in [7, 11) is 0. The van der Waals surface area contributed by atoms with Crippen molar-refractivity contribution in [2.45, 2.75) is 18.8 Å². The molecule has 0 fully saturated rings. The Kier molecular flexibility index (Phi) is 7.14. The van der Waals surface area contributed by atoms with Crippen molar-refractivity contribution in [3.63, 3.8) is 0 Å². The molecule has 0 unspecified atom stereocenters. The van der Waals surface area contributed by atoms with Gasteiger partial charge in [-0.05, 0) is 66.4 Å². The van der Waals surface area contributed by atoms with Crippen LogP contribution in [0.25, 0.3) is 22.3 Å². The van der Waals surface area contributed by atoms with Crippen molar-refractivity contribution in [2.75, 3.05) is 5.32 Å². The lowest BCUT2D eigenvalue weighted by atomic mass is 10.0. The zero-order valence-electron chi connectivity index (χ0n) is 19.0. The zero-order valence-corrected chi connectivity index (χ0v) is 19.0. The quantitative estimate of drug-likeness (QED) is 0.215. The van der Waals surface area contributed by atoms with Gasteiger partial charge in [-0.25, -0.2) is 9.97 Å². The molecule has 0 radical (unpaired) electrons. The first-order valence-corrected chi connectivity index (χ1v) is 10.8. The van der Waals surface area contributed by atoms with Gasteiger partial charge in [0.2, 0.25) is 0 Å². The molecule has 0 aliphatic heterocycles. The molecule has 11 heteroatoms. The van der Waals surface area contributed by atoms with Gasteiger partial charge in [-0.2, -0.15) is 26.3 Å². The minimum Gasteiger partial charge on any atom is -0.405 e. The molecule has 0 saturated heterocycles. The highest BCUT2D eigenvalue weighted by atomic mass is 19.4. The van der Waals surface area contributed by atoms with Gasteiger partial charge in [-0.1, -0.05) is 12.1 Å². The summed E-state index contributed by atoms with van der Waals surface area (Å²) in [6.45, 7) is 0. The number of pyridine rings is 1. The van der Waals surface area contributed by atoms with Gasteiger partial charge < -0.3 is 11.1 Å². The number of allylic oxidation sites excluding steroid dienone is 3. The number of aromatic nitrogens is 3. The number of hydrogen-bond acceptors (Lipinski definition) is 5. The molecule has 0 atom stereocenters. The third-order valence-electron chi connectivity index (χ3n) is 5.32. The fraction of sp³-hybridized carbons (Fsp3) is 0.115. The summed E-state index contributed by atoms with van der Waals surface area (Å²) in [5, 5.41) is 3.46. The Hall–Kier alpha value is -4.41. The second-order valence-electron chi connectivity index (χ2n) is 7.94. The summed E-state index contributed by atoms with van der Waals surface area (Å²) >= 11 is 0. The minimum absolute atomic E-state index is 0.241. The number of anilines is 2. The number of nitrogens with zero attached hydrogens (tertiary/aromatic N) is 3. The van der Waals surface area contributed by atoms with Crippen LogP contribution in [0.15, 0.2) is 90.9 Å². The third-order valence-corrected chi connectivity index (χ3v) is 5.32. The van der Waals surface area contributed by atoms with E-state index in [4.69, 9.17) is 5.73 Å². The highest BCUT2D eigenvalue weighted by Gasteiger charge is 2.33. The average Bonchev–Trinajstić information content (AvgIpc) is 2.86. The van der Waals surface area contributed by atoms with E-state index in [1.165, 1.54) is 30.5 Å². The van der Waals surface area contributed by atoms with Gasteiger partial charge in [0, 0.05) is 41.0 Å². The van der Waals surface area contributed by atoms with Gasteiger partial charge in [-0.3, -0.25) is 4.98 Å². The molecule has 0 amide bonds. The van der Waals surface area contributed by atoms with E-state index in [0.717, 1.165) is 30.5 Å². The van der Waals surface area contributed by atoms with E-state index >= 15 is 0 Å². The van der Waals surface area contributed by atoms with Crippen molar-refractivity contribution in [1.82, 2.24) is 15.0 Å². The molecule has 3 N–H and O–H groups in total. The molecular formula is C26H19F6N5. The summed E-state index contributed by atoms with van der Waals surface area (Å²) in [6, 6.07) is 12.4. The van der Waals surface area contributed by atoms with Crippen molar-refractivity contribution in [1.29, 1.82) is 0 Å². The van der Waals surface area contributed by atoms with Crippen LogP contribution in [0.5, 0.6) is 0 Å². The van der Waals surface area contributed by atoms with Gasteiger partial charge in [0.05, 0.1) is 11.1 Å². The fourth-order valence-electron chi connectivity index (χ4n) is 3.53. The number of benzene rings is 2. The van der Waals surface area contributed by atoms with E-state index in [0.29, 0.717) is 27.7 Å². The second kappa shape index (κ2) is 10.3. The normalized spacial score (nSPS) is 12.9. The van der Waals surface area contributed by atoms with E-state index in [1.807, 2.05) is 0 Å². The van der Waals surface area contributed by atoms with E-state index in [-0.39, 0.29) is 11.6 Å². The third kappa shape index (κ3) is 6.24. The first kappa shape index (κ1) is 25.7. The van der Waals surface area contributed by atoms with Crippen LogP contribution in [0.3, 0.4) is 0 Å². The average molecular weight is 515 g/mol. The first-order chi connectivity index (χ1) is 17.5. The number of fused-ring (bicyclic) bond motifs is 1. The van der Waals surface area contributed by atoms with Crippen LogP contribution in [-0.2, 0) is 12.6 Å². The van der Waals surface area contributed by atoms with Gasteiger partial charge in [-0.15, -0.1) is 0 Å². The Labute approximate surface area is 207 Å². The Morgan fingerprint density at radius 2 is 1.70 bits per heavy atom. The summed E-state index contributed by atoms with van der Waals surface area (Å²) in [5.74, 6) is 0.512. The van der Waals surface area contributed by atoms with Gasteiger partial charge in [0.25, 0.3) is 0 Å². The molecule has 2 heterocycles. The molecular weight excluding hydrogens is 496 g/mol. The van der Waals surface area contributed by atoms with Crippen LogP contribution >= 0.6 is 0 Å². The molecule has 0 aliphatic rings. The van der Waals surface area contributed by atoms with Crippen LogP contribution in [0.4, 0.5) is 37.8 Å². The van der Waals surface area contributed by atoms with Crippen LogP contribution < -0.4 is 11.1 Å². The molecule has 0 spiro atoms.